The maximum Gasteiger partial charge on any atom is 0.264 e. The molecule has 2 aromatic rings. The summed E-state index contributed by atoms with van der Waals surface area (Å²) in [6.45, 7) is 9.88. The molecule has 0 radical (unpaired) electrons. The van der Waals surface area contributed by atoms with E-state index in [0.29, 0.717) is 11.4 Å². The van der Waals surface area contributed by atoms with Crippen LogP contribution < -0.4 is 14.4 Å². The van der Waals surface area contributed by atoms with E-state index < -0.39 is 15.6 Å². The Balaban J connectivity index is 2.33. The van der Waals surface area contributed by atoms with Crippen LogP contribution in [0, 0.1) is 5.41 Å². The third-order valence-electron chi connectivity index (χ3n) is 4.43. The molecule has 1 amide bonds. The van der Waals surface area contributed by atoms with Gasteiger partial charge in [0.05, 0.1) is 17.7 Å². The lowest BCUT2D eigenvalue weighted by atomic mass is 9.82. The van der Waals surface area contributed by atoms with Crippen LogP contribution in [0.1, 0.15) is 41.0 Å². The number of carbonyl (C=O) groups is 1. The van der Waals surface area contributed by atoms with Crippen LogP contribution in [-0.4, -0.2) is 33.5 Å². The summed E-state index contributed by atoms with van der Waals surface area (Å²) in [4.78, 5) is 13.0. The molecule has 2 aromatic carbocycles. The zero-order valence-electron chi connectivity index (χ0n) is 18.6. The van der Waals surface area contributed by atoms with Gasteiger partial charge >= 0.3 is 0 Å². The molecule has 0 heterocycles. The first-order chi connectivity index (χ1) is 13.8. The molecule has 0 saturated heterocycles. The largest absolute Gasteiger partial charge is 0.497 e. The van der Waals surface area contributed by atoms with Crippen LogP contribution in [0.4, 0.5) is 5.69 Å². The predicted molar refractivity (Wildman–Crippen MR) is 120 cm³/mol. The van der Waals surface area contributed by atoms with E-state index in [2.05, 4.69) is 26.1 Å². The zero-order valence-corrected chi connectivity index (χ0v) is 19.4. The summed E-state index contributed by atoms with van der Waals surface area (Å²) < 4.78 is 33.0. The molecule has 0 aliphatic carbocycles. The number of para-hydroxylation sites is 1. The van der Waals surface area contributed by atoms with Crippen LogP contribution in [0.5, 0.6) is 5.75 Å². The summed E-state index contributed by atoms with van der Waals surface area (Å²) in [5.74, 6) is 0.201. The Morgan fingerprint density at radius 3 is 2.03 bits per heavy atom. The van der Waals surface area contributed by atoms with E-state index in [4.69, 9.17) is 4.74 Å². The molecular weight excluding hydrogens is 400 g/mol. The van der Waals surface area contributed by atoms with E-state index in [-0.39, 0.29) is 22.8 Å². The molecule has 164 valence electrons. The molecule has 0 atom stereocenters. The van der Waals surface area contributed by atoms with Gasteiger partial charge in [-0.15, -0.1) is 0 Å². The number of methoxy groups -OCH3 is 1. The van der Waals surface area contributed by atoms with Crippen molar-refractivity contribution in [1.82, 2.24) is 5.32 Å². The highest BCUT2D eigenvalue weighted by Gasteiger charge is 2.31. The number of ether oxygens (including phenoxy) is 1. The number of rotatable bonds is 8. The van der Waals surface area contributed by atoms with Crippen molar-refractivity contribution in [3.8, 4) is 5.75 Å². The van der Waals surface area contributed by atoms with Gasteiger partial charge in [0.15, 0.2) is 0 Å². The summed E-state index contributed by atoms with van der Waals surface area (Å²) >= 11 is 0. The van der Waals surface area contributed by atoms with Gasteiger partial charge in [-0.05, 0) is 62.1 Å². The quantitative estimate of drug-likeness (QED) is 0.678. The number of hydrogen-bond acceptors (Lipinski definition) is 4. The fourth-order valence-electron chi connectivity index (χ4n) is 3.70. The first kappa shape index (κ1) is 23.7. The van der Waals surface area contributed by atoms with Crippen molar-refractivity contribution in [3.05, 3.63) is 54.6 Å². The predicted octanol–water partition coefficient (Wildman–Crippen LogP) is 4.22. The van der Waals surface area contributed by atoms with Crippen LogP contribution >= 0.6 is 0 Å². The van der Waals surface area contributed by atoms with Crippen molar-refractivity contribution < 1.29 is 17.9 Å². The van der Waals surface area contributed by atoms with Gasteiger partial charge in [-0.25, -0.2) is 8.42 Å². The molecule has 0 aliphatic heterocycles. The average Bonchev–Trinajstić information content (AvgIpc) is 2.64. The molecule has 0 bridgehead atoms. The van der Waals surface area contributed by atoms with E-state index in [0.717, 1.165) is 10.7 Å². The lowest BCUT2D eigenvalue weighted by Gasteiger charge is -2.34. The zero-order chi connectivity index (χ0) is 22.6. The molecule has 0 aromatic heterocycles. The van der Waals surface area contributed by atoms with Gasteiger partial charge in [0, 0.05) is 5.54 Å². The van der Waals surface area contributed by atoms with E-state index in [1.54, 1.807) is 42.5 Å². The van der Waals surface area contributed by atoms with Gasteiger partial charge in [-0.3, -0.25) is 9.10 Å². The molecule has 1 N–H and O–H groups in total. The fraction of sp³-hybridized carbons (Fsp3) is 0.435. The van der Waals surface area contributed by atoms with Crippen molar-refractivity contribution in [3.63, 3.8) is 0 Å². The summed E-state index contributed by atoms with van der Waals surface area (Å²) in [7, 11) is -2.43. The van der Waals surface area contributed by atoms with E-state index in [1.165, 1.54) is 19.2 Å². The van der Waals surface area contributed by atoms with Crippen LogP contribution in [-0.2, 0) is 14.8 Å². The van der Waals surface area contributed by atoms with Crippen molar-refractivity contribution in [2.45, 2.75) is 51.5 Å². The molecule has 6 nitrogen and oxygen atoms in total. The van der Waals surface area contributed by atoms with Crippen molar-refractivity contribution in [1.29, 1.82) is 0 Å². The summed E-state index contributed by atoms with van der Waals surface area (Å²) in [5, 5.41) is 2.99. The van der Waals surface area contributed by atoms with Gasteiger partial charge < -0.3 is 10.1 Å². The fourth-order valence-corrected chi connectivity index (χ4v) is 5.12. The Bertz CT molecular complexity index is 947. The highest BCUT2D eigenvalue weighted by Crippen LogP contribution is 2.28. The Morgan fingerprint density at radius 2 is 1.53 bits per heavy atom. The number of amides is 1. The molecule has 2 rings (SSSR count). The minimum absolute atomic E-state index is 0.0189. The van der Waals surface area contributed by atoms with Crippen molar-refractivity contribution in [2.24, 2.45) is 5.41 Å². The number of benzene rings is 2. The topological polar surface area (TPSA) is 75.7 Å². The monoisotopic (exact) mass is 432 g/mol. The molecule has 0 fully saturated rings. The highest BCUT2D eigenvalue weighted by atomic mass is 32.2. The Morgan fingerprint density at radius 1 is 0.967 bits per heavy atom. The molecular formula is C23H32N2O4S. The number of sulfonamides is 1. The second kappa shape index (κ2) is 9.08. The smallest absolute Gasteiger partial charge is 0.264 e. The Kier molecular flexibility index (Phi) is 7.18. The Labute approximate surface area is 180 Å². The minimum Gasteiger partial charge on any atom is -0.497 e. The highest BCUT2D eigenvalue weighted by molar-refractivity contribution is 7.92. The molecule has 0 spiro atoms. The first-order valence-electron chi connectivity index (χ1n) is 9.87. The summed E-state index contributed by atoms with van der Waals surface area (Å²) in [6, 6.07) is 14.8. The second-order valence-electron chi connectivity index (χ2n) is 9.19. The van der Waals surface area contributed by atoms with Gasteiger partial charge in [0.2, 0.25) is 5.91 Å². The normalized spacial score (nSPS) is 12.3. The molecule has 0 unspecified atom stereocenters. The second-order valence-corrected chi connectivity index (χ2v) is 11.1. The SMILES string of the molecule is COc1ccc(S(=O)(=O)N(CC(=O)NC(C)(C)CC(C)(C)C)c2ccccc2)cc1. The molecule has 30 heavy (non-hydrogen) atoms. The lowest BCUT2D eigenvalue weighted by molar-refractivity contribution is -0.121. The third-order valence-corrected chi connectivity index (χ3v) is 6.22. The number of anilines is 1. The summed E-state index contributed by atoms with van der Waals surface area (Å²) in [6.07, 6.45) is 0.752. The minimum atomic E-state index is -3.95. The maximum atomic E-state index is 13.4. The van der Waals surface area contributed by atoms with Gasteiger partial charge in [-0.2, -0.15) is 0 Å². The number of nitrogens with one attached hydrogen (secondary N) is 1. The number of hydrogen-bond donors (Lipinski definition) is 1. The van der Waals surface area contributed by atoms with Crippen molar-refractivity contribution in [2.75, 3.05) is 18.0 Å². The van der Waals surface area contributed by atoms with E-state index in [9.17, 15) is 13.2 Å². The van der Waals surface area contributed by atoms with Crippen LogP contribution in [0.15, 0.2) is 59.5 Å². The van der Waals surface area contributed by atoms with Crippen molar-refractivity contribution >= 4 is 21.6 Å². The van der Waals surface area contributed by atoms with Gasteiger partial charge in [0.1, 0.15) is 12.3 Å². The number of nitrogens with zero attached hydrogens (tertiary/aromatic N) is 1. The molecule has 0 saturated carbocycles. The van der Waals surface area contributed by atoms with Crippen LogP contribution in [0.25, 0.3) is 0 Å². The van der Waals surface area contributed by atoms with Crippen LogP contribution in [0.3, 0.4) is 0 Å². The summed E-state index contributed by atoms with van der Waals surface area (Å²) in [5.41, 5.74) is -0.0239. The molecule has 0 aliphatic rings. The lowest BCUT2D eigenvalue weighted by Crippen LogP contribution is -2.50. The average molecular weight is 433 g/mol. The standard InChI is InChI=1S/C23H32N2O4S/c1-22(2,3)17-23(4,5)24-21(26)16-25(18-10-8-7-9-11-18)30(27,28)20-14-12-19(29-6)13-15-20/h7-15H,16-17H2,1-6H3,(H,24,26). The van der Waals surface area contributed by atoms with Gasteiger partial charge in [-0.1, -0.05) is 39.0 Å². The van der Waals surface area contributed by atoms with E-state index in [1.807, 2.05) is 13.8 Å². The maximum absolute atomic E-state index is 13.4. The van der Waals surface area contributed by atoms with E-state index >= 15 is 0 Å². The molecule has 7 heteroatoms. The number of carbonyl (C=O) groups excluding carboxylic acids is 1. The van der Waals surface area contributed by atoms with Gasteiger partial charge in [0.25, 0.3) is 10.0 Å². The third kappa shape index (κ3) is 6.49. The first-order valence-corrected chi connectivity index (χ1v) is 11.3. The van der Waals surface area contributed by atoms with Crippen LogP contribution in [0.2, 0.25) is 0 Å². The Hall–Kier alpha value is -2.54.